The monoisotopic (exact) mass is 373 g/mol. The van der Waals surface area contributed by atoms with Gasteiger partial charge in [-0.25, -0.2) is 0 Å². The number of benzene rings is 2. The van der Waals surface area contributed by atoms with E-state index in [1.165, 1.54) is 0 Å². The van der Waals surface area contributed by atoms with Crippen molar-refractivity contribution in [1.29, 1.82) is 5.26 Å². The first-order valence-corrected chi connectivity index (χ1v) is 9.70. The molecule has 0 N–H and O–H groups in total. The van der Waals surface area contributed by atoms with E-state index in [1.807, 2.05) is 28.0 Å². The van der Waals surface area contributed by atoms with Crippen molar-refractivity contribution < 1.29 is 9.59 Å². The lowest BCUT2D eigenvalue weighted by Gasteiger charge is -2.38. The topological polar surface area (TPSA) is 64.4 Å². The molecular formula is C23H23N3O2. The molecule has 0 unspecified atom stereocenters. The summed E-state index contributed by atoms with van der Waals surface area (Å²) in [5, 5.41) is 8.89. The lowest BCUT2D eigenvalue weighted by atomic mass is 9.77. The highest BCUT2D eigenvalue weighted by Gasteiger charge is 2.45. The summed E-state index contributed by atoms with van der Waals surface area (Å²) in [6, 6.07) is 18.9. The third-order valence-corrected chi connectivity index (χ3v) is 5.99. The largest absolute Gasteiger partial charge is 0.339 e. The van der Waals surface area contributed by atoms with Gasteiger partial charge in [0.05, 0.1) is 11.6 Å². The number of hydrogen-bond donors (Lipinski definition) is 0. The minimum atomic E-state index is -0.00664. The zero-order valence-electron chi connectivity index (χ0n) is 15.8. The number of carbonyl (C=O) groups excluding carboxylic acids is 2. The van der Waals surface area contributed by atoms with E-state index in [0.717, 1.165) is 24.9 Å². The van der Waals surface area contributed by atoms with Gasteiger partial charge in [-0.1, -0.05) is 30.3 Å². The van der Waals surface area contributed by atoms with Crippen LogP contribution >= 0.6 is 0 Å². The summed E-state index contributed by atoms with van der Waals surface area (Å²) in [6.45, 7) is 2.78. The van der Waals surface area contributed by atoms with Gasteiger partial charge in [-0.15, -0.1) is 0 Å². The molecule has 0 saturated carbocycles. The van der Waals surface area contributed by atoms with E-state index >= 15 is 0 Å². The number of nitrogens with zero attached hydrogens (tertiary/aromatic N) is 3. The van der Waals surface area contributed by atoms with Crippen molar-refractivity contribution in [1.82, 2.24) is 9.80 Å². The lowest BCUT2D eigenvalue weighted by molar-refractivity contribution is -0.128. The summed E-state index contributed by atoms with van der Waals surface area (Å²) in [7, 11) is 0. The maximum atomic E-state index is 12.7. The highest BCUT2D eigenvalue weighted by atomic mass is 16.2. The molecule has 1 spiro atoms. The summed E-state index contributed by atoms with van der Waals surface area (Å²) in [5.74, 6) is 0.223. The number of likely N-dealkylation sites (tertiary alicyclic amines) is 2. The molecular weight excluding hydrogens is 350 g/mol. The van der Waals surface area contributed by atoms with Gasteiger partial charge in [-0.2, -0.15) is 5.26 Å². The molecule has 5 nitrogen and oxygen atoms in total. The van der Waals surface area contributed by atoms with Crippen LogP contribution in [0.1, 0.15) is 40.7 Å². The van der Waals surface area contributed by atoms with Gasteiger partial charge in [0.2, 0.25) is 5.91 Å². The van der Waals surface area contributed by atoms with Crippen LogP contribution < -0.4 is 0 Å². The third kappa shape index (κ3) is 3.63. The van der Waals surface area contributed by atoms with Crippen molar-refractivity contribution in [3.05, 3.63) is 71.3 Å². The van der Waals surface area contributed by atoms with Crippen LogP contribution in [0.5, 0.6) is 0 Å². The molecule has 2 aliphatic rings. The van der Waals surface area contributed by atoms with E-state index < -0.39 is 0 Å². The third-order valence-electron chi connectivity index (χ3n) is 5.99. The molecule has 0 aromatic heterocycles. The Bertz CT molecular complexity index is 907. The Kier molecular flexibility index (Phi) is 4.87. The minimum absolute atomic E-state index is 0.00445. The molecule has 2 aromatic rings. The van der Waals surface area contributed by atoms with Crippen molar-refractivity contribution in [2.75, 3.05) is 19.6 Å². The average Bonchev–Trinajstić information content (AvgIpc) is 3.03. The molecule has 28 heavy (non-hydrogen) atoms. The average molecular weight is 373 g/mol. The number of piperidine rings is 1. The molecule has 2 aliphatic heterocycles. The number of amides is 2. The Labute approximate surface area is 165 Å². The number of hydrogen-bond acceptors (Lipinski definition) is 3. The number of rotatable bonds is 3. The lowest BCUT2D eigenvalue weighted by Crippen LogP contribution is -2.44. The second kappa shape index (κ2) is 7.47. The first kappa shape index (κ1) is 18.2. The highest BCUT2D eigenvalue weighted by molar-refractivity contribution is 5.94. The van der Waals surface area contributed by atoms with Crippen LogP contribution in [0.25, 0.3) is 0 Å². The van der Waals surface area contributed by atoms with Crippen molar-refractivity contribution in [3.8, 4) is 6.07 Å². The molecule has 0 bridgehead atoms. The maximum absolute atomic E-state index is 12.7. The summed E-state index contributed by atoms with van der Waals surface area (Å²) in [6.07, 6.45) is 2.29. The molecule has 4 rings (SSSR count). The van der Waals surface area contributed by atoms with Gasteiger partial charge in [0, 0.05) is 43.6 Å². The molecule has 142 valence electrons. The smallest absolute Gasteiger partial charge is 0.253 e. The van der Waals surface area contributed by atoms with Gasteiger partial charge in [0.25, 0.3) is 5.91 Å². The zero-order chi connectivity index (χ0) is 19.6. The summed E-state index contributed by atoms with van der Waals surface area (Å²) >= 11 is 0. The van der Waals surface area contributed by atoms with Gasteiger partial charge >= 0.3 is 0 Å². The predicted octanol–water partition coefficient (Wildman–Crippen LogP) is 3.21. The number of nitriles is 1. The Morgan fingerprint density at radius 2 is 1.71 bits per heavy atom. The second-order valence-electron chi connectivity index (χ2n) is 7.89. The van der Waals surface area contributed by atoms with Gasteiger partial charge < -0.3 is 9.80 Å². The SMILES string of the molecule is N#Cc1ccc(C(=O)N2CCC3(CC2)CC(=O)N(Cc2ccccc2)C3)cc1. The normalized spacial score (nSPS) is 18.3. The van der Waals surface area contributed by atoms with Crippen LogP contribution in [-0.4, -0.2) is 41.2 Å². The van der Waals surface area contributed by atoms with Gasteiger partial charge in [0.1, 0.15) is 0 Å². The van der Waals surface area contributed by atoms with E-state index in [9.17, 15) is 9.59 Å². The fraction of sp³-hybridized carbons (Fsp3) is 0.348. The Morgan fingerprint density at radius 3 is 2.36 bits per heavy atom. The van der Waals surface area contributed by atoms with Crippen LogP contribution in [-0.2, 0) is 11.3 Å². The molecule has 0 radical (unpaired) electrons. The quantitative estimate of drug-likeness (QED) is 0.830. The van der Waals surface area contributed by atoms with Crippen molar-refractivity contribution in [2.24, 2.45) is 5.41 Å². The molecule has 0 aliphatic carbocycles. The van der Waals surface area contributed by atoms with Crippen LogP contribution in [0.15, 0.2) is 54.6 Å². The van der Waals surface area contributed by atoms with Crippen molar-refractivity contribution >= 4 is 11.8 Å². The fourth-order valence-electron chi connectivity index (χ4n) is 4.32. The van der Waals surface area contributed by atoms with Crippen molar-refractivity contribution in [3.63, 3.8) is 0 Å². The van der Waals surface area contributed by atoms with E-state index in [4.69, 9.17) is 5.26 Å². The molecule has 2 heterocycles. The molecule has 2 fully saturated rings. The van der Waals surface area contributed by atoms with Crippen molar-refractivity contribution in [2.45, 2.75) is 25.8 Å². The Morgan fingerprint density at radius 1 is 1.04 bits per heavy atom. The highest BCUT2D eigenvalue weighted by Crippen LogP contribution is 2.41. The van der Waals surface area contributed by atoms with E-state index in [-0.39, 0.29) is 17.2 Å². The zero-order valence-corrected chi connectivity index (χ0v) is 15.8. The molecule has 5 heteroatoms. The van der Waals surface area contributed by atoms with Gasteiger partial charge in [-0.3, -0.25) is 9.59 Å². The maximum Gasteiger partial charge on any atom is 0.253 e. The fourth-order valence-corrected chi connectivity index (χ4v) is 4.32. The van der Waals surface area contributed by atoms with E-state index in [0.29, 0.717) is 37.2 Å². The summed E-state index contributed by atoms with van der Waals surface area (Å²) in [4.78, 5) is 29.1. The van der Waals surface area contributed by atoms with E-state index in [2.05, 4.69) is 18.2 Å². The van der Waals surface area contributed by atoms with Gasteiger partial charge in [0.15, 0.2) is 0 Å². The van der Waals surface area contributed by atoms with E-state index in [1.54, 1.807) is 24.3 Å². The Balaban J connectivity index is 1.37. The molecule has 2 aromatic carbocycles. The first-order valence-electron chi connectivity index (χ1n) is 9.70. The van der Waals surface area contributed by atoms with Gasteiger partial charge in [-0.05, 0) is 42.7 Å². The Hall–Kier alpha value is -3.13. The molecule has 2 amide bonds. The number of carbonyl (C=O) groups is 2. The summed E-state index contributed by atoms with van der Waals surface area (Å²) in [5.41, 5.74) is 2.31. The molecule has 2 saturated heterocycles. The van der Waals surface area contributed by atoms with Crippen LogP contribution in [0.3, 0.4) is 0 Å². The molecule has 0 atom stereocenters. The van der Waals surface area contributed by atoms with Crippen LogP contribution in [0.2, 0.25) is 0 Å². The standard InChI is InChI=1S/C23H23N3O2/c24-15-18-6-8-20(9-7-18)22(28)25-12-10-23(11-13-25)14-21(27)26(17-23)16-19-4-2-1-3-5-19/h1-9H,10-14,16-17H2. The predicted molar refractivity (Wildman–Crippen MR) is 105 cm³/mol. The van der Waals surface area contributed by atoms with Crippen LogP contribution in [0.4, 0.5) is 0 Å². The minimum Gasteiger partial charge on any atom is -0.339 e. The summed E-state index contributed by atoms with van der Waals surface area (Å²) < 4.78 is 0. The first-order chi connectivity index (χ1) is 13.6. The second-order valence-corrected chi connectivity index (χ2v) is 7.89. The van der Waals surface area contributed by atoms with Crippen LogP contribution in [0, 0.1) is 16.7 Å².